The van der Waals surface area contributed by atoms with Crippen LogP contribution in [0.4, 0.5) is 5.69 Å². The van der Waals surface area contributed by atoms with Gasteiger partial charge in [0.1, 0.15) is 11.5 Å². The van der Waals surface area contributed by atoms with E-state index in [-0.39, 0.29) is 6.54 Å². The molecule has 1 amide bonds. The highest BCUT2D eigenvalue weighted by Gasteiger charge is 2.57. The number of carboxylic acids is 1. The Morgan fingerprint density at radius 3 is 2.35 bits per heavy atom. The minimum absolute atomic E-state index is 0.258. The van der Waals surface area contributed by atoms with Crippen LogP contribution < -0.4 is 14.4 Å². The van der Waals surface area contributed by atoms with E-state index in [1.165, 1.54) is 18.9 Å². The van der Waals surface area contributed by atoms with Crippen molar-refractivity contribution >= 4 is 17.6 Å². The SMILES string of the molecule is COc1ccc(C2CN(c3ccccc3OC)C(=O)C2(C)C(=O)O)cc1. The van der Waals surface area contributed by atoms with Gasteiger partial charge in [-0.3, -0.25) is 9.59 Å². The van der Waals surface area contributed by atoms with Crippen LogP contribution in [0.5, 0.6) is 11.5 Å². The largest absolute Gasteiger partial charge is 0.497 e. The first-order valence-corrected chi connectivity index (χ1v) is 8.25. The van der Waals surface area contributed by atoms with Crippen molar-refractivity contribution in [3.63, 3.8) is 0 Å². The van der Waals surface area contributed by atoms with Gasteiger partial charge in [0.05, 0.1) is 19.9 Å². The number of carboxylic acid groups (broad SMARTS) is 1. The number of carbonyl (C=O) groups excluding carboxylic acids is 1. The lowest BCUT2D eigenvalue weighted by molar-refractivity contribution is -0.152. The predicted molar refractivity (Wildman–Crippen MR) is 96.8 cm³/mol. The molecule has 1 N–H and O–H groups in total. The van der Waals surface area contributed by atoms with Gasteiger partial charge in [0, 0.05) is 12.5 Å². The zero-order chi connectivity index (χ0) is 18.9. The standard InChI is InChI=1S/C20H21NO5/c1-20(19(23)24)15(13-8-10-14(25-2)11-9-13)12-21(18(20)22)16-6-4-5-7-17(16)26-3/h4-11,15H,12H2,1-3H3,(H,23,24). The average molecular weight is 355 g/mol. The van der Waals surface area contributed by atoms with E-state index < -0.39 is 23.2 Å². The molecule has 6 nitrogen and oxygen atoms in total. The minimum Gasteiger partial charge on any atom is -0.497 e. The Hall–Kier alpha value is -3.02. The van der Waals surface area contributed by atoms with Crippen molar-refractivity contribution in [1.29, 1.82) is 0 Å². The van der Waals surface area contributed by atoms with Crippen molar-refractivity contribution < 1.29 is 24.2 Å². The molecule has 6 heteroatoms. The summed E-state index contributed by atoms with van der Waals surface area (Å²) < 4.78 is 10.5. The second-order valence-electron chi connectivity index (χ2n) is 6.42. The summed E-state index contributed by atoms with van der Waals surface area (Å²) in [5.74, 6) is -0.875. The van der Waals surface area contributed by atoms with E-state index in [9.17, 15) is 14.7 Å². The van der Waals surface area contributed by atoms with Crippen LogP contribution >= 0.6 is 0 Å². The monoisotopic (exact) mass is 355 g/mol. The maximum absolute atomic E-state index is 13.1. The van der Waals surface area contributed by atoms with Gasteiger partial charge in [-0.05, 0) is 36.8 Å². The summed E-state index contributed by atoms with van der Waals surface area (Å²) in [6.07, 6.45) is 0. The van der Waals surface area contributed by atoms with Crippen LogP contribution in [0.2, 0.25) is 0 Å². The first-order chi connectivity index (χ1) is 12.4. The summed E-state index contributed by atoms with van der Waals surface area (Å²) in [6, 6.07) is 14.3. The third-order valence-corrected chi connectivity index (χ3v) is 5.09. The fraction of sp³-hybridized carbons (Fsp3) is 0.300. The van der Waals surface area contributed by atoms with Gasteiger partial charge < -0.3 is 19.5 Å². The molecule has 2 aromatic rings. The highest BCUT2D eigenvalue weighted by molar-refractivity contribution is 6.13. The molecule has 0 radical (unpaired) electrons. The van der Waals surface area contributed by atoms with Crippen molar-refractivity contribution in [3.05, 3.63) is 54.1 Å². The van der Waals surface area contributed by atoms with Gasteiger partial charge >= 0.3 is 5.97 Å². The summed E-state index contributed by atoms with van der Waals surface area (Å²) in [6.45, 7) is 1.75. The maximum atomic E-state index is 13.1. The molecule has 2 unspecified atom stereocenters. The molecule has 26 heavy (non-hydrogen) atoms. The smallest absolute Gasteiger partial charge is 0.319 e. The number of rotatable bonds is 5. The maximum Gasteiger partial charge on any atom is 0.319 e. The lowest BCUT2D eigenvalue weighted by atomic mass is 9.75. The third kappa shape index (κ3) is 2.67. The minimum atomic E-state index is -1.56. The Morgan fingerprint density at radius 2 is 1.77 bits per heavy atom. The van der Waals surface area contributed by atoms with Gasteiger partial charge in [0.15, 0.2) is 5.41 Å². The van der Waals surface area contributed by atoms with E-state index in [0.717, 1.165) is 5.56 Å². The summed E-state index contributed by atoms with van der Waals surface area (Å²) in [5, 5.41) is 9.86. The van der Waals surface area contributed by atoms with Crippen LogP contribution in [0.15, 0.2) is 48.5 Å². The number of hydrogen-bond acceptors (Lipinski definition) is 4. The van der Waals surface area contributed by atoms with Crippen molar-refractivity contribution in [2.45, 2.75) is 12.8 Å². The molecular weight excluding hydrogens is 334 g/mol. The number of para-hydroxylation sites is 2. The molecule has 1 aliphatic rings. The molecule has 3 rings (SSSR count). The molecule has 136 valence electrons. The predicted octanol–water partition coefficient (Wildman–Crippen LogP) is 2.93. The average Bonchev–Trinajstić information content (AvgIpc) is 2.94. The number of nitrogens with zero attached hydrogens (tertiary/aromatic N) is 1. The van der Waals surface area contributed by atoms with E-state index in [0.29, 0.717) is 17.2 Å². The Balaban J connectivity index is 2.06. The molecule has 1 heterocycles. The number of benzene rings is 2. The third-order valence-electron chi connectivity index (χ3n) is 5.09. The Bertz CT molecular complexity index is 832. The van der Waals surface area contributed by atoms with Gasteiger partial charge in [-0.25, -0.2) is 0 Å². The fourth-order valence-corrected chi connectivity index (χ4v) is 3.45. The highest BCUT2D eigenvalue weighted by Crippen LogP contribution is 2.47. The summed E-state index contributed by atoms with van der Waals surface area (Å²) in [7, 11) is 3.09. The van der Waals surface area contributed by atoms with Crippen molar-refractivity contribution in [2.75, 3.05) is 25.7 Å². The van der Waals surface area contributed by atoms with E-state index in [1.807, 2.05) is 12.1 Å². The zero-order valence-electron chi connectivity index (χ0n) is 14.9. The highest BCUT2D eigenvalue weighted by atomic mass is 16.5. The Labute approximate surface area is 152 Å². The normalized spacial score (nSPS) is 22.3. The van der Waals surface area contributed by atoms with E-state index >= 15 is 0 Å². The van der Waals surface area contributed by atoms with Crippen molar-refractivity contribution in [1.82, 2.24) is 0 Å². The lowest BCUT2D eigenvalue weighted by Crippen LogP contribution is -2.40. The molecule has 1 aliphatic heterocycles. The number of anilines is 1. The van der Waals surface area contributed by atoms with E-state index in [2.05, 4.69) is 0 Å². The van der Waals surface area contributed by atoms with Gasteiger partial charge in [0.2, 0.25) is 5.91 Å². The van der Waals surface area contributed by atoms with Crippen LogP contribution in [0.25, 0.3) is 0 Å². The molecule has 1 fully saturated rings. The number of methoxy groups -OCH3 is 2. The van der Waals surface area contributed by atoms with Crippen LogP contribution in [0, 0.1) is 5.41 Å². The Kier molecular flexibility index (Phi) is 4.59. The number of ether oxygens (including phenoxy) is 2. The van der Waals surface area contributed by atoms with Crippen molar-refractivity contribution in [2.24, 2.45) is 5.41 Å². The molecule has 1 saturated heterocycles. The molecule has 2 atom stereocenters. The quantitative estimate of drug-likeness (QED) is 0.835. The summed E-state index contributed by atoms with van der Waals surface area (Å²) in [4.78, 5) is 26.7. The van der Waals surface area contributed by atoms with Crippen molar-refractivity contribution in [3.8, 4) is 11.5 Å². The van der Waals surface area contributed by atoms with Crippen LogP contribution in [0.1, 0.15) is 18.4 Å². The summed E-state index contributed by atoms with van der Waals surface area (Å²) in [5.41, 5.74) is -0.208. The number of hydrogen-bond donors (Lipinski definition) is 1. The lowest BCUT2D eigenvalue weighted by Gasteiger charge is -2.24. The molecule has 0 aliphatic carbocycles. The van der Waals surface area contributed by atoms with Crippen LogP contribution in [-0.4, -0.2) is 37.7 Å². The topological polar surface area (TPSA) is 76.1 Å². The second-order valence-corrected chi connectivity index (χ2v) is 6.42. The molecular formula is C20H21NO5. The molecule has 0 bridgehead atoms. The molecule has 0 saturated carbocycles. The number of carbonyl (C=O) groups is 2. The number of aliphatic carboxylic acids is 1. The zero-order valence-corrected chi connectivity index (χ0v) is 14.9. The fourth-order valence-electron chi connectivity index (χ4n) is 3.45. The van der Waals surface area contributed by atoms with Gasteiger partial charge in [0.25, 0.3) is 0 Å². The van der Waals surface area contributed by atoms with E-state index in [1.54, 1.807) is 43.5 Å². The molecule has 2 aromatic carbocycles. The Morgan fingerprint density at radius 1 is 1.12 bits per heavy atom. The van der Waals surface area contributed by atoms with Crippen LogP contribution in [-0.2, 0) is 9.59 Å². The first-order valence-electron chi connectivity index (χ1n) is 8.25. The van der Waals surface area contributed by atoms with E-state index in [4.69, 9.17) is 9.47 Å². The van der Waals surface area contributed by atoms with Gasteiger partial charge in [-0.2, -0.15) is 0 Å². The molecule has 0 aromatic heterocycles. The van der Waals surface area contributed by atoms with Gasteiger partial charge in [-0.15, -0.1) is 0 Å². The second kappa shape index (κ2) is 6.71. The van der Waals surface area contributed by atoms with Gasteiger partial charge in [-0.1, -0.05) is 24.3 Å². The summed E-state index contributed by atoms with van der Waals surface area (Å²) >= 11 is 0. The molecule has 0 spiro atoms. The first kappa shape index (κ1) is 17.8. The van der Waals surface area contributed by atoms with Crippen LogP contribution in [0.3, 0.4) is 0 Å². The number of amides is 1.